The Labute approximate surface area is 247 Å². The van der Waals surface area contributed by atoms with E-state index in [1.165, 1.54) is 4.31 Å². The average Bonchev–Trinajstić information content (AvgIpc) is 3.82. The van der Waals surface area contributed by atoms with Crippen molar-refractivity contribution < 1.29 is 23.4 Å². The molecule has 2 aromatic carbocycles. The van der Waals surface area contributed by atoms with E-state index in [4.69, 9.17) is 23.2 Å². The number of nitrogens with zero attached hydrogens (tertiary/aromatic N) is 2. The molecule has 0 spiro atoms. The molecular weight excluding hydrogens is 571 g/mol. The largest absolute Gasteiger partial charge is 0.394 e. The standard InChI is InChI=1S/C30H38Cl2N2O5S/c1-30(15-24(36)18-35)16-26(21-4-3-5-23(32)14-21)28(20-8-10-22(31)11-9-20)34(29(30)37)27(19-6-7-19)17-33(2)40(38,39)25-12-13-25/h3-5,8-11,14,19,24-28,35-36H,6-7,12-13,15-18H2,1-2H3/t24?,26-,27?,28?,30+/m1/s1. The van der Waals surface area contributed by atoms with Crippen molar-refractivity contribution in [1.29, 1.82) is 0 Å². The third kappa shape index (κ3) is 6.08. The Balaban J connectivity index is 1.64. The monoisotopic (exact) mass is 608 g/mol. The molecule has 218 valence electrons. The van der Waals surface area contributed by atoms with Crippen molar-refractivity contribution in [3.05, 3.63) is 69.7 Å². The fourth-order valence-corrected chi connectivity index (χ4v) is 8.38. The fraction of sp³-hybridized carbons (Fsp3) is 0.567. The van der Waals surface area contributed by atoms with Gasteiger partial charge in [0.2, 0.25) is 15.9 Å². The van der Waals surface area contributed by atoms with Gasteiger partial charge in [0.25, 0.3) is 0 Å². The maximum atomic E-state index is 14.7. The second-order valence-electron chi connectivity index (χ2n) is 12.1. The van der Waals surface area contributed by atoms with Crippen LogP contribution in [0.25, 0.3) is 0 Å². The highest BCUT2D eigenvalue weighted by Gasteiger charge is 2.55. The highest BCUT2D eigenvalue weighted by molar-refractivity contribution is 7.90. The number of halogens is 2. The van der Waals surface area contributed by atoms with Crippen molar-refractivity contribution >= 4 is 39.1 Å². The van der Waals surface area contributed by atoms with Crippen LogP contribution in [0, 0.1) is 11.3 Å². The van der Waals surface area contributed by atoms with Gasteiger partial charge >= 0.3 is 0 Å². The molecule has 2 aromatic rings. The van der Waals surface area contributed by atoms with Crippen molar-refractivity contribution in [2.24, 2.45) is 11.3 Å². The molecule has 5 rings (SSSR count). The van der Waals surface area contributed by atoms with E-state index in [0.717, 1.165) is 24.0 Å². The molecule has 3 aliphatic rings. The second kappa shape index (κ2) is 11.5. The predicted octanol–water partition coefficient (Wildman–Crippen LogP) is 5.00. The van der Waals surface area contributed by atoms with Gasteiger partial charge in [0.1, 0.15) is 0 Å². The number of carbonyl (C=O) groups excluding carboxylic acids is 1. The van der Waals surface area contributed by atoms with E-state index in [1.807, 2.05) is 60.4 Å². The van der Waals surface area contributed by atoms with E-state index in [-0.39, 0.29) is 42.0 Å². The van der Waals surface area contributed by atoms with E-state index >= 15 is 0 Å². The second-order valence-corrected chi connectivity index (χ2v) is 15.3. The van der Waals surface area contributed by atoms with Crippen LogP contribution >= 0.6 is 23.2 Å². The summed E-state index contributed by atoms with van der Waals surface area (Å²) in [7, 11) is -1.82. The average molecular weight is 610 g/mol. The highest BCUT2D eigenvalue weighted by Crippen LogP contribution is 2.54. The normalized spacial score (nSPS) is 27.2. The Morgan fingerprint density at radius 2 is 1.73 bits per heavy atom. The zero-order chi connectivity index (χ0) is 28.8. The lowest BCUT2D eigenvalue weighted by Gasteiger charge is -2.53. The van der Waals surface area contributed by atoms with Crippen LogP contribution in [-0.2, 0) is 14.8 Å². The minimum absolute atomic E-state index is 0.0941. The summed E-state index contributed by atoms with van der Waals surface area (Å²) in [5, 5.41) is 21.1. The number of piperidine rings is 1. The molecule has 2 saturated carbocycles. The molecule has 1 amide bonds. The summed E-state index contributed by atoms with van der Waals surface area (Å²) in [6, 6.07) is 14.4. The molecule has 2 aliphatic carbocycles. The summed E-state index contributed by atoms with van der Waals surface area (Å²) in [6.07, 6.45) is 2.64. The maximum Gasteiger partial charge on any atom is 0.229 e. The molecule has 1 heterocycles. The van der Waals surface area contributed by atoms with E-state index in [1.54, 1.807) is 7.05 Å². The smallest absolute Gasteiger partial charge is 0.229 e. The van der Waals surface area contributed by atoms with Crippen LogP contribution in [0.15, 0.2) is 48.5 Å². The highest BCUT2D eigenvalue weighted by atomic mass is 35.5. The van der Waals surface area contributed by atoms with Crippen LogP contribution in [0.5, 0.6) is 0 Å². The summed E-state index contributed by atoms with van der Waals surface area (Å²) in [5.41, 5.74) is 0.882. The van der Waals surface area contributed by atoms with Gasteiger partial charge < -0.3 is 15.1 Å². The lowest BCUT2D eigenvalue weighted by molar-refractivity contribution is -0.158. The molecule has 3 unspecified atom stereocenters. The van der Waals surface area contributed by atoms with Crippen molar-refractivity contribution in [1.82, 2.24) is 9.21 Å². The first-order valence-electron chi connectivity index (χ1n) is 14.0. The summed E-state index contributed by atoms with van der Waals surface area (Å²) >= 11 is 12.7. The van der Waals surface area contributed by atoms with Gasteiger partial charge in [-0.25, -0.2) is 12.7 Å². The molecular formula is C30H38Cl2N2O5S. The SMILES string of the molecule is CN(CC(C1CC1)N1C(=O)[C@@](C)(CC(O)CO)C[C@H](c2cccc(Cl)c2)C1c1ccc(Cl)cc1)S(=O)(=O)C1CC1. The van der Waals surface area contributed by atoms with Gasteiger partial charge in [0, 0.05) is 41.0 Å². The molecule has 1 aliphatic heterocycles. The Hall–Kier alpha value is -1.68. The molecule has 5 atom stereocenters. The van der Waals surface area contributed by atoms with Crippen molar-refractivity contribution in [2.45, 2.75) is 74.8 Å². The number of aliphatic hydroxyl groups excluding tert-OH is 2. The molecule has 10 heteroatoms. The Kier molecular flexibility index (Phi) is 8.60. The Bertz CT molecular complexity index is 1330. The van der Waals surface area contributed by atoms with Crippen LogP contribution in [0.1, 0.15) is 68.5 Å². The van der Waals surface area contributed by atoms with Crippen molar-refractivity contribution in [2.75, 3.05) is 20.2 Å². The van der Waals surface area contributed by atoms with Crippen LogP contribution in [0.4, 0.5) is 0 Å². The number of hydrogen-bond acceptors (Lipinski definition) is 5. The number of amides is 1. The van der Waals surface area contributed by atoms with Gasteiger partial charge in [0.15, 0.2) is 0 Å². The Morgan fingerprint density at radius 1 is 1.05 bits per heavy atom. The van der Waals surface area contributed by atoms with Gasteiger partial charge in [-0.1, -0.05) is 54.4 Å². The lowest BCUT2D eigenvalue weighted by atomic mass is 9.66. The number of rotatable bonds is 11. The third-order valence-corrected chi connectivity index (χ3v) is 11.7. The zero-order valence-electron chi connectivity index (χ0n) is 22.9. The van der Waals surface area contributed by atoms with Crippen LogP contribution in [0.2, 0.25) is 10.0 Å². The molecule has 0 aromatic heterocycles. The van der Waals surface area contributed by atoms with Gasteiger partial charge in [-0.05, 0) is 79.8 Å². The topological polar surface area (TPSA) is 98.2 Å². The Morgan fingerprint density at radius 3 is 2.30 bits per heavy atom. The van der Waals surface area contributed by atoms with Crippen molar-refractivity contribution in [3.8, 4) is 0 Å². The summed E-state index contributed by atoms with van der Waals surface area (Å²) in [4.78, 5) is 16.6. The predicted molar refractivity (Wildman–Crippen MR) is 157 cm³/mol. The minimum Gasteiger partial charge on any atom is -0.394 e. The van der Waals surface area contributed by atoms with Crippen LogP contribution in [-0.4, -0.2) is 71.3 Å². The zero-order valence-corrected chi connectivity index (χ0v) is 25.2. The quantitative estimate of drug-likeness (QED) is 0.374. The van der Waals surface area contributed by atoms with Gasteiger partial charge in [0.05, 0.1) is 24.0 Å². The molecule has 0 radical (unpaired) electrons. The van der Waals surface area contributed by atoms with E-state index in [0.29, 0.717) is 29.3 Å². The third-order valence-electron chi connectivity index (χ3n) is 8.83. The first-order valence-corrected chi connectivity index (χ1v) is 16.3. The fourth-order valence-electron chi connectivity index (χ4n) is 6.45. The summed E-state index contributed by atoms with van der Waals surface area (Å²) < 4.78 is 27.8. The number of likely N-dealkylation sites (N-methyl/N-ethyl adjacent to an activating group) is 1. The molecule has 2 N–H and O–H groups in total. The lowest BCUT2D eigenvalue weighted by Crippen LogP contribution is -2.59. The number of hydrogen-bond donors (Lipinski definition) is 2. The number of sulfonamides is 1. The summed E-state index contributed by atoms with van der Waals surface area (Å²) in [5.74, 6) is -0.159. The van der Waals surface area contributed by atoms with Crippen LogP contribution in [0.3, 0.4) is 0 Å². The van der Waals surface area contributed by atoms with E-state index in [9.17, 15) is 23.4 Å². The van der Waals surface area contributed by atoms with Gasteiger partial charge in [-0.15, -0.1) is 0 Å². The first kappa shape index (κ1) is 29.8. The molecule has 1 saturated heterocycles. The van der Waals surface area contributed by atoms with Gasteiger partial charge in [-0.2, -0.15) is 0 Å². The molecule has 3 fully saturated rings. The van der Waals surface area contributed by atoms with E-state index < -0.39 is 34.2 Å². The number of benzene rings is 2. The number of likely N-dealkylation sites (tertiary alicyclic amines) is 1. The molecule has 7 nitrogen and oxygen atoms in total. The van der Waals surface area contributed by atoms with Gasteiger partial charge in [-0.3, -0.25) is 4.79 Å². The molecule has 0 bridgehead atoms. The van der Waals surface area contributed by atoms with Crippen LogP contribution < -0.4 is 0 Å². The molecule has 40 heavy (non-hydrogen) atoms. The maximum absolute atomic E-state index is 14.7. The summed E-state index contributed by atoms with van der Waals surface area (Å²) in [6.45, 7) is 1.62. The van der Waals surface area contributed by atoms with Crippen molar-refractivity contribution in [3.63, 3.8) is 0 Å². The minimum atomic E-state index is -3.45. The number of carbonyl (C=O) groups is 1. The number of aliphatic hydroxyl groups is 2. The van der Waals surface area contributed by atoms with E-state index in [2.05, 4.69) is 0 Å². The first-order chi connectivity index (χ1) is 18.9.